The molecule has 0 atom stereocenters. The first-order valence-corrected chi connectivity index (χ1v) is 7.88. The number of rotatable bonds is 8. The number of carbonyl (C=O) groups excluding carboxylic acids is 1. The zero-order valence-corrected chi connectivity index (χ0v) is 13.6. The summed E-state index contributed by atoms with van der Waals surface area (Å²) in [6.45, 7) is 2.17. The Balaban J connectivity index is 2.20. The number of Topliss-reactive ketones (excluding diaryl/α,β-unsaturated/α-hetero) is 1. The lowest BCUT2D eigenvalue weighted by Crippen LogP contribution is -1.99. The third kappa shape index (κ3) is 3.79. The molecule has 0 saturated carbocycles. The molecule has 0 N–H and O–H groups in total. The molecule has 118 valence electrons. The molecule has 0 radical (unpaired) electrons. The van der Waals surface area contributed by atoms with Gasteiger partial charge in [-0.3, -0.25) is 4.79 Å². The Bertz CT molecular complexity index is 646. The lowest BCUT2D eigenvalue weighted by atomic mass is 10.0. The van der Waals surface area contributed by atoms with Crippen LogP contribution in [-0.2, 0) is 0 Å². The van der Waals surface area contributed by atoms with Gasteiger partial charge in [0.1, 0.15) is 0 Å². The Kier molecular flexibility index (Phi) is 5.82. The molecule has 3 nitrogen and oxygen atoms in total. The Labute approximate surface area is 132 Å². The monoisotopic (exact) mass is 300 g/mol. The molecular formula is C19H24O3. The molecule has 0 aliphatic heterocycles. The van der Waals surface area contributed by atoms with Crippen LogP contribution in [0.15, 0.2) is 30.3 Å². The van der Waals surface area contributed by atoms with Crippen molar-refractivity contribution in [3.63, 3.8) is 0 Å². The third-order valence-electron chi connectivity index (χ3n) is 3.92. The van der Waals surface area contributed by atoms with Gasteiger partial charge in [0.05, 0.1) is 14.2 Å². The molecule has 2 aromatic carbocycles. The van der Waals surface area contributed by atoms with Gasteiger partial charge in [0.2, 0.25) is 0 Å². The number of fused-ring (bicyclic) bond motifs is 1. The first kappa shape index (κ1) is 16.3. The van der Waals surface area contributed by atoms with Crippen LogP contribution in [-0.4, -0.2) is 20.0 Å². The summed E-state index contributed by atoms with van der Waals surface area (Å²) in [5, 5.41) is 2.04. The maximum atomic E-state index is 12.3. The number of carbonyl (C=O) groups is 1. The van der Waals surface area contributed by atoms with Gasteiger partial charge in [0.25, 0.3) is 0 Å². The number of ether oxygens (including phenoxy) is 2. The average molecular weight is 300 g/mol. The van der Waals surface area contributed by atoms with Crippen molar-refractivity contribution in [3.8, 4) is 11.5 Å². The molecule has 2 aromatic rings. The molecule has 2 rings (SSSR count). The quantitative estimate of drug-likeness (QED) is 0.508. The van der Waals surface area contributed by atoms with Gasteiger partial charge in [-0.05, 0) is 35.4 Å². The van der Waals surface area contributed by atoms with Crippen molar-refractivity contribution in [1.29, 1.82) is 0 Å². The van der Waals surface area contributed by atoms with Crippen LogP contribution in [0.4, 0.5) is 0 Å². The normalized spacial score (nSPS) is 10.7. The fraction of sp³-hybridized carbons (Fsp3) is 0.421. The van der Waals surface area contributed by atoms with Crippen molar-refractivity contribution in [1.82, 2.24) is 0 Å². The summed E-state index contributed by atoms with van der Waals surface area (Å²) in [6, 6.07) is 9.66. The van der Waals surface area contributed by atoms with E-state index in [4.69, 9.17) is 9.47 Å². The highest BCUT2D eigenvalue weighted by atomic mass is 16.5. The molecule has 0 saturated heterocycles. The van der Waals surface area contributed by atoms with E-state index in [-0.39, 0.29) is 5.78 Å². The number of unbranched alkanes of at least 4 members (excludes halogenated alkanes) is 3. The SMILES string of the molecule is CCCCCCC(=O)c1ccc2cc(OC)c(OC)cc2c1. The van der Waals surface area contributed by atoms with Gasteiger partial charge in [-0.2, -0.15) is 0 Å². The van der Waals surface area contributed by atoms with E-state index in [9.17, 15) is 4.79 Å². The topological polar surface area (TPSA) is 35.5 Å². The lowest BCUT2D eigenvalue weighted by molar-refractivity contribution is 0.0979. The molecule has 0 bridgehead atoms. The van der Waals surface area contributed by atoms with Crippen LogP contribution in [0.25, 0.3) is 10.8 Å². The van der Waals surface area contributed by atoms with Gasteiger partial charge in [-0.1, -0.05) is 38.3 Å². The summed E-state index contributed by atoms with van der Waals surface area (Å²) in [7, 11) is 3.24. The summed E-state index contributed by atoms with van der Waals surface area (Å²) in [6.07, 6.45) is 5.10. The molecular weight excluding hydrogens is 276 g/mol. The highest BCUT2D eigenvalue weighted by Crippen LogP contribution is 2.32. The molecule has 3 heteroatoms. The van der Waals surface area contributed by atoms with Crippen LogP contribution in [0, 0.1) is 0 Å². The number of hydrogen-bond acceptors (Lipinski definition) is 3. The van der Waals surface area contributed by atoms with Crippen molar-refractivity contribution < 1.29 is 14.3 Å². The number of hydrogen-bond donors (Lipinski definition) is 0. The van der Waals surface area contributed by atoms with Crippen LogP contribution >= 0.6 is 0 Å². The van der Waals surface area contributed by atoms with Crippen LogP contribution in [0.2, 0.25) is 0 Å². The second-order valence-corrected chi connectivity index (χ2v) is 5.50. The zero-order valence-electron chi connectivity index (χ0n) is 13.6. The molecule has 0 unspecified atom stereocenters. The number of benzene rings is 2. The van der Waals surface area contributed by atoms with Crippen LogP contribution in [0.3, 0.4) is 0 Å². The highest BCUT2D eigenvalue weighted by Gasteiger charge is 2.10. The summed E-state index contributed by atoms with van der Waals surface area (Å²) in [5.41, 5.74) is 0.774. The molecule has 0 aliphatic rings. The Morgan fingerprint density at radius 1 is 0.909 bits per heavy atom. The number of ketones is 1. The zero-order chi connectivity index (χ0) is 15.9. The standard InChI is InChI=1S/C19H24O3/c1-4-5-6-7-8-17(20)15-10-9-14-12-18(21-2)19(22-3)13-16(14)11-15/h9-13H,4-8H2,1-3H3. The fourth-order valence-corrected chi connectivity index (χ4v) is 2.61. The summed E-state index contributed by atoms with van der Waals surface area (Å²) < 4.78 is 10.6. The first-order valence-electron chi connectivity index (χ1n) is 7.88. The van der Waals surface area contributed by atoms with E-state index in [1.54, 1.807) is 14.2 Å². The predicted octanol–water partition coefficient (Wildman–Crippen LogP) is 5.01. The third-order valence-corrected chi connectivity index (χ3v) is 3.92. The summed E-state index contributed by atoms with van der Waals surface area (Å²) in [5.74, 6) is 1.60. The largest absolute Gasteiger partial charge is 0.493 e. The van der Waals surface area contributed by atoms with Crippen molar-refractivity contribution in [3.05, 3.63) is 35.9 Å². The van der Waals surface area contributed by atoms with Gasteiger partial charge < -0.3 is 9.47 Å². The van der Waals surface area contributed by atoms with Gasteiger partial charge >= 0.3 is 0 Å². The fourth-order valence-electron chi connectivity index (χ4n) is 2.61. The molecule has 0 aromatic heterocycles. The lowest BCUT2D eigenvalue weighted by Gasteiger charge is -2.10. The van der Waals surface area contributed by atoms with Gasteiger partial charge in [0.15, 0.2) is 17.3 Å². The maximum absolute atomic E-state index is 12.3. The number of methoxy groups -OCH3 is 2. The average Bonchev–Trinajstić information content (AvgIpc) is 2.56. The van der Waals surface area contributed by atoms with Crippen LogP contribution in [0.5, 0.6) is 11.5 Å². The summed E-state index contributed by atoms with van der Waals surface area (Å²) in [4.78, 5) is 12.3. The minimum absolute atomic E-state index is 0.216. The molecule has 0 fully saturated rings. The first-order chi connectivity index (χ1) is 10.7. The Morgan fingerprint density at radius 3 is 2.23 bits per heavy atom. The molecule has 0 amide bonds. The smallest absolute Gasteiger partial charge is 0.162 e. The second-order valence-electron chi connectivity index (χ2n) is 5.50. The molecule has 0 spiro atoms. The van der Waals surface area contributed by atoms with E-state index in [0.717, 1.165) is 29.2 Å². The van der Waals surface area contributed by atoms with Crippen molar-refractivity contribution in [2.24, 2.45) is 0 Å². The van der Waals surface area contributed by atoms with Gasteiger partial charge in [-0.15, -0.1) is 0 Å². The van der Waals surface area contributed by atoms with Crippen molar-refractivity contribution in [2.75, 3.05) is 14.2 Å². The Morgan fingerprint density at radius 2 is 1.59 bits per heavy atom. The van der Waals surface area contributed by atoms with E-state index >= 15 is 0 Å². The van der Waals surface area contributed by atoms with Crippen molar-refractivity contribution in [2.45, 2.75) is 39.0 Å². The van der Waals surface area contributed by atoms with Crippen molar-refractivity contribution >= 4 is 16.6 Å². The van der Waals surface area contributed by atoms with Gasteiger partial charge in [0, 0.05) is 12.0 Å². The van der Waals surface area contributed by atoms with Crippen LogP contribution in [0.1, 0.15) is 49.4 Å². The van der Waals surface area contributed by atoms with E-state index in [1.165, 1.54) is 12.8 Å². The predicted molar refractivity (Wildman–Crippen MR) is 90.1 cm³/mol. The molecule has 0 heterocycles. The van der Waals surface area contributed by atoms with E-state index in [2.05, 4.69) is 6.92 Å². The summed E-state index contributed by atoms with van der Waals surface area (Å²) >= 11 is 0. The van der Waals surface area contributed by atoms with Gasteiger partial charge in [-0.25, -0.2) is 0 Å². The van der Waals surface area contributed by atoms with Crippen LogP contribution < -0.4 is 9.47 Å². The van der Waals surface area contributed by atoms with E-state index in [1.807, 2.05) is 30.3 Å². The van der Waals surface area contributed by atoms with E-state index in [0.29, 0.717) is 17.9 Å². The maximum Gasteiger partial charge on any atom is 0.162 e. The minimum atomic E-state index is 0.216. The highest BCUT2D eigenvalue weighted by molar-refractivity contribution is 6.00. The second kappa shape index (κ2) is 7.83. The Hall–Kier alpha value is -2.03. The molecule has 22 heavy (non-hydrogen) atoms. The van der Waals surface area contributed by atoms with E-state index < -0.39 is 0 Å². The molecule has 0 aliphatic carbocycles. The minimum Gasteiger partial charge on any atom is -0.493 e.